The van der Waals surface area contributed by atoms with Crippen molar-refractivity contribution < 1.29 is 13.2 Å². The van der Waals surface area contributed by atoms with Crippen molar-refractivity contribution in [2.75, 3.05) is 11.4 Å². The number of carbonyl (C=O) groups excluding carboxylic acids is 1. The third-order valence-electron chi connectivity index (χ3n) is 5.13. The first kappa shape index (κ1) is 19.4. The molecular weight excluding hydrogens is 388 g/mol. The molecular formula is C21H22N4O3S. The summed E-state index contributed by atoms with van der Waals surface area (Å²) in [6, 6.07) is 14.2. The fourth-order valence-electron chi connectivity index (χ4n) is 3.73. The van der Waals surface area contributed by atoms with E-state index in [1.54, 1.807) is 23.1 Å². The molecule has 7 nitrogen and oxygen atoms in total. The number of hydrogen-bond donors (Lipinski definition) is 1. The number of nitrogens with zero attached hydrogens (tertiary/aromatic N) is 3. The van der Waals surface area contributed by atoms with E-state index >= 15 is 0 Å². The minimum atomic E-state index is -3.76. The molecule has 3 aromatic rings. The van der Waals surface area contributed by atoms with Crippen molar-refractivity contribution in [3.63, 3.8) is 0 Å². The van der Waals surface area contributed by atoms with Crippen molar-refractivity contribution in [2.45, 2.75) is 31.7 Å². The van der Waals surface area contributed by atoms with Gasteiger partial charge in [-0.2, -0.15) is 5.10 Å². The number of rotatable bonds is 4. The van der Waals surface area contributed by atoms with Crippen LogP contribution in [0.3, 0.4) is 0 Å². The molecule has 0 spiro atoms. The Morgan fingerprint density at radius 3 is 2.62 bits per heavy atom. The van der Waals surface area contributed by atoms with E-state index in [-0.39, 0.29) is 10.8 Å². The summed E-state index contributed by atoms with van der Waals surface area (Å²) in [7, 11) is -3.76. The lowest BCUT2D eigenvalue weighted by atomic mass is 10.1. The Morgan fingerprint density at radius 1 is 1.14 bits per heavy atom. The van der Waals surface area contributed by atoms with E-state index in [0.717, 1.165) is 28.2 Å². The quantitative estimate of drug-likeness (QED) is 0.714. The van der Waals surface area contributed by atoms with E-state index in [0.29, 0.717) is 25.1 Å². The summed E-state index contributed by atoms with van der Waals surface area (Å²) in [5, 5.41) is 9.69. The van der Waals surface area contributed by atoms with Gasteiger partial charge in [0.15, 0.2) is 0 Å². The van der Waals surface area contributed by atoms with Crippen LogP contribution in [0.4, 0.5) is 5.69 Å². The molecule has 0 bridgehead atoms. The number of sulfonamides is 1. The van der Waals surface area contributed by atoms with Crippen molar-refractivity contribution >= 4 is 21.6 Å². The number of aryl methyl sites for hydroxylation is 2. The van der Waals surface area contributed by atoms with Gasteiger partial charge in [0, 0.05) is 23.5 Å². The molecule has 0 unspecified atom stereocenters. The van der Waals surface area contributed by atoms with Gasteiger partial charge >= 0.3 is 0 Å². The molecule has 29 heavy (non-hydrogen) atoms. The third-order valence-corrected chi connectivity index (χ3v) is 6.04. The third kappa shape index (κ3) is 3.81. The topological polar surface area (TPSA) is 98.3 Å². The Morgan fingerprint density at radius 2 is 1.93 bits per heavy atom. The molecule has 8 heteroatoms. The summed E-state index contributed by atoms with van der Waals surface area (Å²) in [5.74, 6) is -0.109. The van der Waals surface area contributed by atoms with E-state index in [1.165, 1.54) is 6.07 Å². The number of primary sulfonamides is 1. The van der Waals surface area contributed by atoms with Gasteiger partial charge in [-0.05, 0) is 67.8 Å². The number of carbonyl (C=O) groups is 1. The van der Waals surface area contributed by atoms with Gasteiger partial charge in [0.25, 0.3) is 5.91 Å². The van der Waals surface area contributed by atoms with Gasteiger partial charge in [0.1, 0.15) is 0 Å². The van der Waals surface area contributed by atoms with Crippen LogP contribution in [0.15, 0.2) is 53.4 Å². The van der Waals surface area contributed by atoms with Crippen LogP contribution in [-0.2, 0) is 23.0 Å². The monoisotopic (exact) mass is 410 g/mol. The summed E-state index contributed by atoms with van der Waals surface area (Å²) in [6.07, 6.45) is 0.593. The minimum Gasteiger partial charge on any atom is -0.308 e. The maximum atomic E-state index is 13.1. The second-order valence-corrected chi connectivity index (χ2v) is 8.89. The van der Waals surface area contributed by atoms with Gasteiger partial charge in [-0.3, -0.25) is 9.48 Å². The average Bonchev–Trinajstić information content (AvgIpc) is 3.22. The predicted molar refractivity (Wildman–Crippen MR) is 110 cm³/mol. The molecule has 1 amide bonds. The number of anilines is 1. The number of aromatic nitrogens is 2. The van der Waals surface area contributed by atoms with Crippen LogP contribution in [-0.4, -0.2) is 30.7 Å². The van der Waals surface area contributed by atoms with Gasteiger partial charge < -0.3 is 4.90 Å². The molecule has 2 aromatic carbocycles. The highest BCUT2D eigenvalue weighted by molar-refractivity contribution is 7.89. The predicted octanol–water partition coefficient (Wildman–Crippen LogP) is 2.40. The fraction of sp³-hybridized carbons (Fsp3) is 0.238. The molecule has 2 N–H and O–H groups in total. The Labute approximate surface area is 169 Å². The molecule has 150 valence electrons. The van der Waals surface area contributed by atoms with E-state index < -0.39 is 10.0 Å². The van der Waals surface area contributed by atoms with Crippen molar-refractivity contribution in [2.24, 2.45) is 5.14 Å². The lowest BCUT2D eigenvalue weighted by Crippen LogP contribution is -2.29. The standard InChI is InChI=1S/C21H22N4O3S/c1-14-10-15(2)25(23-14)13-16-4-3-5-18(11-16)21(26)24-9-8-17-12-19(29(22,27)28)6-7-20(17)24/h3-7,10-12H,8-9,13H2,1-2H3,(H2,22,27,28). The zero-order valence-electron chi connectivity index (χ0n) is 16.3. The van der Waals surface area contributed by atoms with E-state index in [1.807, 2.05) is 42.8 Å². The first-order valence-electron chi connectivity index (χ1n) is 9.30. The fourth-order valence-corrected chi connectivity index (χ4v) is 4.30. The summed E-state index contributed by atoms with van der Waals surface area (Å²) in [5.41, 5.74) is 5.15. The lowest BCUT2D eigenvalue weighted by molar-refractivity contribution is 0.0989. The number of fused-ring (bicyclic) bond motifs is 1. The molecule has 0 saturated carbocycles. The van der Waals surface area contributed by atoms with Gasteiger partial charge in [-0.15, -0.1) is 0 Å². The highest BCUT2D eigenvalue weighted by atomic mass is 32.2. The summed E-state index contributed by atoms with van der Waals surface area (Å²) >= 11 is 0. The Bertz CT molecular complexity index is 1210. The van der Waals surface area contributed by atoms with Gasteiger partial charge in [-0.1, -0.05) is 12.1 Å². The summed E-state index contributed by atoms with van der Waals surface area (Å²) in [4.78, 5) is 14.9. The van der Waals surface area contributed by atoms with Crippen molar-refractivity contribution in [1.82, 2.24) is 9.78 Å². The van der Waals surface area contributed by atoms with Crippen molar-refractivity contribution in [1.29, 1.82) is 0 Å². The largest absolute Gasteiger partial charge is 0.308 e. The number of nitrogens with two attached hydrogens (primary N) is 1. The molecule has 1 aromatic heterocycles. The number of benzene rings is 2. The van der Waals surface area contributed by atoms with E-state index in [9.17, 15) is 13.2 Å². The zero-order chi connectivity index (χ0) is 20.8. The first-order chi connectivity index (χ1) is 13.7. The SMILES string of the molecule is Cc1cc(C)n(Cc2cccc(C(=O)N3CCc4cc(S(N)(=O)=O)ccc43)c2)n1. The number of hydrogen-bond acceptors (Lipinski definition) is 4. The Hall–Kier alpha value is -2.97. The normalized spacial score (nSPS) is 13.6. The minimum absolute atomic E-state index is 0.0671. The molecule has 2 heterocycles. The van der Waals surface area contributed by atoms with Crippen LogP contribution >= 0.6 is 0 Å². The highest BCUT2D eigenvalue weighted by Crippen LogP contribution is 2.31. The molecule has 1 aliphatic heterocycles. The highest BCUT2D eigenvalue weighted by Gasteiger charge is 2.27. The van der Waals surface area contributed by atoms with Gasteiger partial charge in [0.2, 0.25) is 10.0 Å². The Kier molecular flexibility index (Phi) is 4.76. The summed E-state index contributed by atoms with van der Waals surface area (Å²) in [6.45, 7) is 5.06. The molecule has 0 radical (unpaired) electrons. The maximum Gasteiger partial charge on any atom is 0.258 e. The summed E-state index contributed by atoms with van der Waals surface area (Å²) < 4.78 is 25.1. The van der Waals surface area contributed by atoms with Crippen LogP contribution in [0, 0.1) is 13.8 Å². The van der Waals surface area contributed by atoms with Crippen LogP contribution in [0.1, 0.15) is 32.9 Å². The van der Waals surface area contributed by atoms with E-state index in [4.69, 9.17) is 5.14 Å². The van der Waals surface area contributed by atoms with Gasteiger partial charge in [0.05, 0.1) is 17.1 Å². The number of amides is 1. The van der Waals surface area contributed by atoms with Crippen LogP contribution < -0.4 is 10.0 Å². The second-order valence-electron chi connectivity index (χ2n) is 7.33. The van der Waals surface area contributed by atoms with Crippen molar-refractivity contribution in [3.8, 4) is 0 Å². The Balaban J connectivity index is 1.59. The molecule has 1 aliphatic rings. The van der Waals surface area contributed by atoms with Crippen LogP contribution in [0.2, 0.25) is 0 Å². The molecule has 0 atom stereocenters. The molecule has 4 rings (SSSR count). The maximum absolute atomic E-state index is 13.1. The molecule has 0 aliphatic carbocycles. The average molecular weight is 410 g/mol. The van der Waals surface area contributed by atoms with E-state index in [2.05, 4.69) is 5.10 Å². The van der Waals surface area contributed by atoms with Crippen LogP contribution in [0.25, 0.3) is 0 Å². The molecule has 0 saturated heterocycles. The first-order valence-corrected chi connectivity index (χ1v) is 10.8. The zero-order valence-corrected chi connectivity index (χ0v) is 17.1. The smallest absolute Gasteiger partial charge is 0.258 e. The van der Waals surface area contributed by atoms with Crippen LogP contribution in [0.5, 0.6) is 0 Å². The lowest BCUT2D eigenvalue weighted by Gasteiger charge is -2.18. The van der Waals surface area contributed by atoms with Crippen molar-refractivity contribution in [3.05, 3.63) is 76.6 Å². The van der Waals surface area contributed by atoms with Gasteiger partial charge in [-0.25, -0.2) is 13.6 Å². The molecule has 0 fully saturated rings. The second kappa shape index (κ2) is 7.13.